The van der Waals surface area contributed by atoms with Crippen LogP contribution in [0.15, 0.2) is 32.7 Å². The molecule has 0 radical (unpaired) electrons. The Hall–Kier alpha value is -2.43. The maximum Gasteiger partial charge on any atom is 0.329 e. The number of carbonyl (C=O) groups is 1. The molecule has 0 unspecified atom stereocenters. The highest BCUT2D eigenvalue weighted by Gasteiger charge is 2.31. The number of aromatic nitrogens is 2. The van der Waals surface area contributed by atoms with Crippen molar-refractivity contribution in [2.24, 2.45) is 13.0 Å². The molecule has 1 aliphatic heterocycles. The van der Waals surface area contributed by atoms with Gasteiger partial charge in [0.2, 0.25) is 15.8 Å². The maximum absolute atomic E-state index is 13.1. The van der Waals surface area contributed by atoms with Gasteiger partial charge in [-0.05, 0) is 37.0 Å². The average molecular weight is 441 g/mol. The number of piperidine rings is 1. The van der Waals surface area contributed by atoms with Crippen LogP contribution in [0.5, 0.6) is 0 Å². The number of nitrogens with one attached hydrogen (secondary N) is 1. The van der Waals surface area contributed by atoms with Crippen molar-refractivity contribution in [1.29, 1.82) is 0 Å². The molecule has 3 rings (SSSR count). The molecule has 1 fully saturated rings. The average Bonchev–Trinajstić information content (AvgIpc) is 2.66. The number of nitrogens with two attached hydrogens (primary N) is 1. The molecule has 0 bridgehead atoms. The van der Waals surface area contributed by atoms with Gasteiger partial charge in [-0.3, -0.25) is 19.1 Å². The summed E-state index contributed by atoms with van der Waals surface area (Å²) >= 11 is 6.14. The van der Waals surface area contributed by atoms with Gasteiger partial charge in [0, 0.05) is 25.7 Å². The minimum atomic E-state index is -3.92. The van der Waals surface area contributed by atoms with E-state index < -0.39 is 32.6 Å². The predicted molar refractivity (Wildman–Crippen MR) is 109 cm³/mol. The third kappa shape index (κ3) is 3.87. The van der Waals surface area contributed by atoms with Gasteiger partial charge >= 0.3 is 5.69 Å². The first-order valence-electron chi connectivity index (χ1n) is 8.97. The fraction of sp³-hybridized carbons (Fsp3) is 0.389. The number of benzene rings is 1. The molecule has 0 amide bonds. The molecule has 0 spiro atoms. The van der Waals surface area contributed by atoms with Crippen LogP contribution in [0.25, 0.3) is 0 Å². The van der Waals surface area contributed by atoms with Crippen LogP contribution in [0.3, 0.4) is 0 Å². The summed E-state index contributed by atoms with van der Waals surface area (Å²) in [6.45, 7) is 2.71. The van der Waals surface area contributed by atoms with E-state index in [0.717, 1.165) is 23.5 Å². The zero-order valence-corrected chi connectivity index (χ0v) is 17.5. The SMILES string of the molecule is C[C@@H]1CCCN(S(=O)(=O)c2cc(C(=O)c3c(N)n(C)c(=O)[nH]c3=O)ccc2Cl)C1. The Morgan fingerprint density at radius 2 is 2.00 bits per heavy atom. The summed E-state index contributed by atoms with van der Waals surface area (Å²) < 4.78 is 28.5. The lowest BCUT2D eigenvalue weighted by Gasteiger charge is -2.30. The highest BCUT2D eigenvalue weighted by atomic mass is 35.5. The second-order valence-electron chi connectivity index (χ2n) is 7.16. The number of H-pyrrole nitrogens is 1. The molecule has 29 heavy (non-hydrogen) atoms. The van der Waals surface area contributed by atoms with Crippen LogP contribution in [0.4, 0.5) is 5.82 Å². The number of nitrogens with zero attached hydrogens (tertiary/aromatic N) is 2. The summed E-state index contributed by atoms with van der Waals surface area (Å²) in [7, 11) is -2.62. The zero-order valence-electron chi connectivity index (χ0n) is 15.9. The van der Waals surface area contributed by atoms with Crippen LogP contribution >= 0.6 is 11.6 Å². The molecule has 0 aliphatic carbocycles. The Morgan fingerprint density at radius 1 is 1.31 bits per heavy atom. The quantitative estimate of drug-likeness (QED) is 0.679. The van der Waals surface area contributed by atoms with Crippen LogP contribution in [-0.2, 0) is 17.1 Å². The third-order valence-corrected chi connectivity index (χ3v) is 7.37. The van der Waals surface area contributed by atoms with Crippen molar-refractivity contribution in [2.45, 2.75) is 24.7 Å². The first kappa shape index (κ1) is 21.3. The van der Waals surface area contributed by atoms with Gasteiger partial charge in [-0.25, -0.2) is 13.2 Å². The lowest BCUT2D eigenvalue weighted by atomic mass is 10.0. The number of sulfonamides is 1. The molecule has 3 N–H and O–H groups in total. The van der Waals surface area contributed by atoms with Gasteiger partial charge in [0.15, 0.2) is 0 Å². The van der Waals surface area contributed by atoms with Crippen LogP contribution in [0, 0.1) is 5.92 Å². The maximum atomic E-state index is 13.1. The molecule has 1 aromatic carbocycles. The normalized spacial score (nSPS) is 18.0. The van der Waals surface area contributed by atoms with E-state index in [1.165, 1.54) is 23.5 Å². The molecule has 11 heteroatoms. The Kier molecular flexibility index (Phi) is 5.70. The second-order valence-corrected chi connectivity index (χ2v) is 9.48. The van der Waals surface area contributed by atoms with Crippen molar-refractivity contribution in [3.63, 3.8) is 0 Å². The number of ketones is 1. The van der Waals surface area contributed by atoms with Gasteiger partial charge in [0.05, 0.1) is 5.02 Å². The topological polar surface area (TPSA) is 135 Å². The van der Waals surface area contributed by atoms with Gasteiger partial charge in [-0.2, -0.15) is 4.31 Å². The van der Waals surface area contributed by atoms with Gasteiger partial charge in [0.25, 0.3) is 5.56 Å². The van der Waals surface area contributed by atoms with Crippen molar-refractivity contribution in [2.75, 3.05) is 18.8 Å². The van der Waals surface area contributed by atoms with Gasteiger partial charge in [0.1, 0.15) is 16.3 Å². The van der Waals surface area contributed by atoms with E-state index in [-0.39, 0.29) is 27.2 Å². The number of rotatable bonds is 4. The highest BCUT2D eigenvalue weighted by molar-refractivity contribution is 7.89. The van der Waals surface area contributed by atoms with E-state index in [9.17, 15) is 22.8 Å². The minimum Gasteiger partial charge on any atom is -0.384 e. The van der Waals surface area contributed by atoms with E-state index >= 15 is 0 Å². The molecule has 2 aromatic rings. The Labute approximate surface area is 172 Å². The van der Waals surface area contributed by atoms with Gasteiger partial charge in [-0.1, -0.05) is 18.5 Å². The lowest BCUT2D eigenvalue weighted by molar-refractivity contribution is 0.103. The summed E-state index contributed by atoms with van der Waals surface area (Å²) in [5.41, 5.74) is 3.56. The number of hydrogen-bond donors (Lipinski definition) is 2. The Bertz CT molecular complexity index is 1200. The molecular weight excluding hydrogens is 420 g/mol. The summed E-state index contributed by atoms with van der Waals surface area (Å²) in [6.07, 6.45) is 1.67. The van der Waals surface area contributed by atoms with Crippen molar-refractivity contribution in [3.8, 4) is 0 Å². The predicted octanol–water partition coefficient (Wildman–Crippen LogP) is 0.961. The number of anilines is 1. The monoisotopic (exact) mass is 440 g/mol. The first-order valence-corrected chi connectivity index (χ1v) is 10.8. The Morgan fingerprint density at radius 3 is 2.66 bits per heavy atom. The van der Waals surface area contributed by atoms with Gasteiger partial charge in [-0.15, -0.1) is 0 Å². The molecule has 1 saturated heterocycles. The van der Waals surface area contributed by atoms with E-state index in [0.29, 0.717) is 13.1 Å². The number of halogens is 1. The number of hydrogen-bond acceptors (Lipinski definition) is 6. The summed E-state index contributed by atoms with van der Waals surface area (Å²) in [6, 6.07) is 3.75. The van der Waals surface area contributed by atoms with Gasteiger partial charge < -0.3 is 5.73 Å². The first-order chi connectivity index (χ1) is 13.5. The molecule has 156 valence electrons. The smallest absolute Gasteiger partial charge is 0.329 e. The van der Waals surface area contributed by atoms with Crippen LogP contribution in [0.2, 0.25) is 5.02 Å². The Balaban J connectivity index is 2.09. The van der Waals surface area contributed by atoms with E-state index in [4.69, 9.17) is 17.3 Å². The van der Waals surface area contributed by atoms with Crippen molar-refractivity contribution in [1.82, 2.24) is 13.9 Å². The lowest BCUT2D eigenvalue weighted by Crippen LogP contribution is -2.39. The third-order valence-electron chi connectivity index (χ3n) is 5.03. The summed E-state index contributed by atoms with van der Waals surface area (Å²) in [5.74, 6) is -0.904. The molecule has 2 heterocycles. The summed E-state index contributed by atoms with van der Waals surface area (Å²) in [5, 5.41) is -0.0258. The standard InChI is InChI=1S/C18H21ClN4O5S/c1-10-4-3-7-23(9-10)29(27,28)13-8-11(5-6-12(13)19)15(24)14-16(20)22(2)18(26)21-17(14)25/h5-6,8,10H,3-4,7,9,20H2,1-2H3,(H,21,25,26)/t10-/m1/s1. The largest absolute Gasteiger partial charge is 0.384 e. The molecule has 1 aliphatic rings. The van der Waals surface area contributed by atoms with E-state index in [1.807, 2.05) is 11.9 Å². The highest BCUT2D eigenvalue weighted by Crippen LogP contribution is 2.29. The zero-order chi connectivity index (χ0) is 21.5. The van der Waals surface area contributed by atoms with Crippen LogP contribution in [-0.4, -0.2) is 41.1 Å². The van der Waals surface area contributed by atoms with Crippen molar-refractivity contribution in [3.05, 3.63) is 55.2 Å². The van der Waals surface area contributed by atoms with Crippen LogP contribution in [0.1, 0.15) is 35.7 Å². The van der Waals surface area contributed by atoms with E-state index in [1.54, 1.807) is 0 Å². The summed E-state index contributed by atoms with van der Waals surface area (Å²) in [4.78, 5) is 38.5. The van der Waals surface area contributed by atoms with E-state index in [2.05, 4.69) is 0 Å². The fourth-order valence-electron chi connectivity index (χ4n) is 3.35. The minimum absolute atomic E-state index is 0.0258. The molecule has 1 atom stereocenters. The number of nitrogen functional groups attached to an aromatic ring is 1. The number of carbonyl (C=O) groups excluding carboxylic acids is 1. The number of aromatic amines is 1. The van der Waals surface area contributed by atoms with Crippen LogP contribution < -0.4 is 17.0 Å². The molecule has 0 saturated carbocycles. The van der Waals surface area contributed by atoms with Crippen molar-refractivity contribution < 1.29 is 13.2 Å². The molecule has 1 aromatic heterocycles. The van der Waals surface area contributed by atoms with Crippen molar-refractivity contribution >= 4 is 33.2 Å². The second kappa shape index (κ2) is 7.77. The fourth-order valence-corrected chi connectivity index (χ4v) is 5.45. The molecular formula is C18H21ClN4O5S. The molecule has 9 nitrogen and oxygen atoms in total.